The summed E-state index contributed by atoms with van der Waals surface area (Å²) in [4.78, 5) is 18.2. The molecule has 3 aliphatic rings. The van der Waals surface area contributed by atoms with Gasteiger partial charge in [0.25, 0.3) is 0 Å². The largest absolute Gasteiger partial charge is 0.335 e. The highest BCUT2D eigenvalue weighted by atomic mass is 16.2. The van der Waals surface area contributed by atoms with Crippen molar-refractivity contribution in [1.29, 1.82) is 0 Å². The van der Waals surface area contributed by atoms with Crippen molar-refractivity contribution in [3.05, 3.63) is 70.8 Å². The Bertz CT molecular complexity index is 903. The summed E-state index contributed by atoms with van der Waals surface area (Å²) in [6.45, 7) is 8.57. The molecule has 0 aromatic heterocycles. The molecule has 3 nitrogen and oxygen atoms in total. The van der Waals surface area contributed by atoms with Crippen LogP contribution >= 0.6 is 0 Å². The van der Waals surface area contributed by atoms with Gasteiger partial charge in [-0.2, -0.15) is 0 Å². The number of hydrogen-bond acceptors (Lipinski definition) is 2. The second-order valence-corrected chi connectivity index (χ2v) is 9.46. The molecule has 3 heteroatoms. The molecule has 1 amide bonds. The van der Waals surface area contributed by atoms with E-state index >= 15 is 0 Å². The van der Waals surface area contributed by atoms with E-state index in [-0.39, 0.29) is 12.0 Å². The zero-order valence-electron chi connectivity index (χ0n) is 17.7. The molecule has 152 valence electrons. The van der Waals surface area contributed by atoms with Crippen molar-refractivity contribution in [2.75, 3.05) is 19.6 Å². The van der Waals surface area contributed by atoms with Crippen LogP contribution in [0.1, 0.15) is 47.6 Å². The fourth-order valence-electron chi connectivity index (χ4n) is 5.73. The minimum atomic E-state index is 0.246. The van der Waals surface area contributed by atoms with Crippen molar-refractivity contribution < 1.29 is 4.79 Å². The van der Waals surface area contributed by atoms with Crippen molar-refractivity contribution in [3.8, 4) is 0 Å². The minimum absolute atomic E-state index is 0.246. The lowest BCUT2D eigenvalue weighted by Gasteiger charge is -2.36. The van der Waals surface area contributed by atoms with Crippen LogP contribution in [-0.2, 0) is 11.3 Å². The van der Waals surface area contributed by atoms with Gasteiger partial charge >= 0.3 is 0 Å². The molecule has 1 saturated carbocycles. The van der Waals surface area contributed by atoms with Crippen molar-refractivity contribution in [2.24, 2.45) is 17.8 Å². The number of carbonyl (C=O) groups excluding carboxylic acids is 1. The number of nitrogens with zero attached hydrogens (tertiary/aromatic N) is 2. The molecule has 2 aliphatic heterocycles. The highest BCUT2D eigenvalue weighted by molar-refractivity contribution is 5.80. The Hall–Kier alpha value is -2.13. The molecule has 0 N–H and O–H groups in total. The van der Waals surface area contributed by atoms with Crippen LogP contribution in [0.5, 0.6) is 0 Å². The van der Waals surface area contributed by atoms with Gasteiger partial charge in [0.2, 0.25) is 5.91 Å². The summed E-state index contributed by atoms with van der Waals surface area (Å²) in [5, 5.41) is 0. The predicted molar refractivity (Wildman–Crippen MR) is 116 cm³/mol. The molecule has 3 fully saturated rings. The zero-order chi connectivity index (χ0) is 20.0. The summed E-state index contributed by atoms with van der Waals surface area (Å²) < 4.78 is 0. The number of aryl methyl sites for hydroxylation is 2. The Balaban J connectivity index is 1.40. The van der Waals surface area contributed by atoms with Crippen LogP contribution in [-0.4, -0.2) is 35.3 Å². The monoisotopic (exact) mass is 388 g/mol. The molecular formula is C26H32N2O. The third-order valence-corrected chi connectivity index (χ3v) is 7.64. The average Bonchev–Trinajstić information content (AvgIpc) is 3.20. The topological polar surface area (TPSA) is 23.6 Å². The van der Waals surface area contributed by atoms with Crippen molar-refractivity contribution in [1.82, 2.24) is 9.80 Å². The summed E-state index contributed by atoms with van der Waals surface area (Å²) in [6.07, 6.45) is 3.39. The van der Waals surface area contributed by atoms with E-state index in [1.807, 2.05) is 0 Å². The molecule has 0 radical (unpaired) electrons. The van der Waals surface area contributed by atoms with Crippen LogP contribution in [0.25, 0.3) is 0 Å². The lowest BCUT2D eigenvalue weighted by Crippen LogP contribution is -2.41. The van der Waals surface area contributed by atoms with E-state index in [1.54, 1.807) is 0 Å². The van der Waals surface area contributed by atoms with E-state index in [0.717, 1.165) is 39.0 Å². The molecule has 2 aromatic carbocycles. The molecule has 1 aliphatic carbocycles. The van der Waals surface area contributed by atoms with Crippen LogP contribution in [0.4, 0.5) is 0 Å². The first-order valence-corrected chi connectivity index (χ1v) is 11.2. The van der Waals surface area contributed by atoms with Gasteiger partial charge in [-0.3, -0.25) is 9.69 Å². The number of likely N-dealkylation sites (tertiary alicyclic amines) is 2. The van der Waals surface area contributed by atoms with E-state index < -0.39 is 0 Å². The van der Waals surface area contributed by atoms with Crippen LogP contribution in [0.3, 0.4) is 0 Å². The Morgan fingerprint density at radius 1 is 0.931 bits per heavy atom. The molecule has 3 atom stereocenters. The first kappa shape index (κ1) is 18.9. The van der Waals surface area contributed by atoms with Gasteiger partial charge in [-0.05, 0) is 54.9 Å². The average molecular weight is 389 g/mol. The minimum Gasteiger partial charge on any atom is -0.335 e. The fraction of sp³-hybridized carbons (Fsp3) is 0.500. The maximum absolute atomic E-state index is 13.3. The number of fused-ring (bicyclic) bond motifs is 1. The summed E-state index contributed by atoms with van der Waals surface area (Å²) in [5.41, 5.74) is 5.50. The van der Waals surface area contributed by atoms with E-state index in [9.17, 15) is 4.79 Å². The molecule has 0 unspecified atom stereocenters. The van der Waals surface area contributed by atoms with Crippen LogP contribution < -0.4 is 0 Å². The van der Waals surface area contributed by atoms with Crippen molar-refractivity contribution in [3.63, 3.8) is 0 Å². The second-order valence-electron chi connectivity index (χ2n) is 9.46. The smallest absolute Gasteiger partial charge is 0.226 e. The van der Waals surface area contributed by atoms with Gasteiger partial charge in [0, 0.05) is 38.0 Å². The Labute approximate surface area is 174 Å². The normalized spacial score (nSPS) is 27.1. The third kappa shape index (κ3) is 3.40. The number of amides is 1. The molecule has 5 rings (SSSR count). The summed E-state index contributed by atoms with van der Waals surface area (Å²) >= 11 is 0. The molecule has 0 spiro atoms. The number of hydrogen-bond donors (Lipinski definition) is 0. The van der Waals surface area contributed by atoms with Gasteiger partial charge in [0.15, 0.2) is 0 Å². The van der Waals surface area contributed by atoms with Gasteiger partial charge < -0.3 is 4.90 Å². The molecular weight excluding hydrogens is 356 g/mol. The summed E-state index contributed by atoms with van der Waals surface area (Å²) in [5.74, 6) is 1.84. The Morgan fingerprint density at radius 2 is 1.66 bits per heavy atom. The third-order valence-electron chi connectivity index (χ3n) is 7.64. The summed E-state index contributed by atoms with van der Waals surface area (Å²) in [7, 11) is 0. The first-order chi connectivity index (χ1) is 14.1. The second kappa shape index (κ2) is 7.60. The predicted octanol–water partition coefficient (Wildman–Crippen LogP) is 4.74. The Kier molecular flexibility index (Phi) is 4.95. The van der Waals surface area contributed by atoms with E-state index in [4.69, 9.17) is 0 Å². The zero-order valence-corrected chi connectivity index (χ0v) is 17.7. The lowest BCUT2D eigenvalue weighted by molar-refractivity contribution is -0.139. The highest BCUT2D eigenvalue weighted by Gasteiger charge is 2.50. The van der Waals surface area contributed by atoms with Gasteiger partial charge in [-0.1, -0.05) is 55.0 Å². The number of carbonyl (C=O) groups is 1. The maximum atomic E-state index is 13.3. The van der Waals surface area contributed by atoms with Crippen LogP contribution in [0.2, 0.25) is 0 Å². The van der Waals surface area contributed by atoms with Gasteiger partial charge in [-0.15, -0.1) is 0 Å². The maximum Gasteiger partial charge on any atom is 0.226 e. The summed E-state index contributed by atoms with van der Waals surface area (Å²) in [6, 6.07) is 17.7. The Morgan fingerprint density at radius 3 is 2.34 bits per heavy atom. The van der Waals surface area contributed by atoms with Crippen molar-refractivity contribution in [2.45, 2.75) is 45.7 Å². The first-order valence-electron chi connectivity index (χ1n) is 11.2. The van der Waals surface area contributed by atoms with E-state index in [2.05, 4.69) is 72.2 Å². The standard InChI is InChI=1S/C26H32N2O/c1-18-8-3-5-10-21(18)14-27-15-22-16-28(26(29)20-11-7-12-20)25(24(22)17-27)23-13-6-4-9-19(23)2/h3-6,8-10,13,20,22,24-25H,7,11-12,14-17H2,1-2H3/t22-,24-,25+/m0/s1. The highest BCUT2D eigenvalue weighted by Crippen LogP contribution is 2.47. The number of rotatable bonds is 4. The SMILES string of the molecule is Cc1ccccc1CN1C[C@H]2CN(C(=O)C3CCC3)[C@H](c3ccccc3C)[C@H]2C1. The molecule has 2 heterocycles. The number of benzene rings is 2. The molecule has 2 saturated heterocycles. The quantitative estimate of drug-likeness (QED) is 0.756. The van der Waals surface area contributed by atoms with Crippen molar-refractivity contribution >= 4 is 5.91 Å². The van der Waals surface area contributed by atoms with Gasteiger partial charge in [-0.25, -0.2) is 0 Å². The van der Waals surface area contributed by atoms with Crippen LogP contribution in [0.15, 0.2) is 48.5 Å². The van der Waals surface area contributed by atoms with Gasteiger partial charge in [0.05, 0.1) is 6.04 Å². The van der Waals surface area contributed by atoms with E-state index in [1.165, 1.54) is 28.7 Å². The van der Waals surface area contributed by atoms with Gasteiger partial charge in [0.1, 0.15) is 0 Å². The molecule has 2 aromatic rings. The molecule has 0 bridgehead atoms. The van der Waals surface area contributed by atoms with E-state index in [0.29, 0.717) is 17.7 Å². The van der Waals surface area contributed by atoms with Crippen LogP contribution in [0, 0.1) is 31.6 Å². The fourth-order valence-corrected chi connectivity index (χ4v) is 5.73. The molecule has 29 heavy (non-hydrogen) atoms. The lowest BCUT2D eigenvalue weighted by atomic mass is 9.83.